The second-order valence-corrected chi connectivity index (χ2v) is 6.22. The first-order valence-corrected chi connectivity index (χ1v) is 7.03. The van der Waals surface area contributed by atoms with Crippen LogP contribution in [0.2, 0.25) is 0 Å². The third-order valence-electron chi connectivity index (χ3n) is 3.41. The summed E-state index contributed by atoms with van der Waals surface area (Å²) in [6, 6.07) is 1.03. The fourth-order valence-electron chi connectivity index (χ4n) is 2.34. The molecule has 1 atom stereocenters. The van der Waals surface area contributed by atoms with Crippen molar-refractivity contribution in [1.29, 1.82) is 0 Å². The lowest BCUT2D eigenvalue weighted by molar-refractivity contribution is 0.291. The molecular formula is C12H21N3S. The van der Waals surface area contributed by atoms with Crippen molar-refractivity contribution in [3.8, 4) is 0 Å². The highest BCUT2D eigenvalue weighted by Gasteiger charge is 2.21. The van der Waals surface area contributed by atoms with Gasteiger partial charge in [-0.2, -0.15) is 0 Å². The zero-order valence-electron chi connectivity index (χ0n) is 10.4. The quantitative estimate of drug-likeness (QED) is 0.881. The van der Waals surface area contributed by atoms with Crippen molar-refractivity contribution in [3.05, 3.63) is 10.0 Å². The number of hydrogen-bond donors (Lipinski definition) is 1. The van der Waals surface area contributed by atoms with Gasteiger partial charge in [-0.15, -0.1) is 21.5 Å². The first kappa shape index (κ1) is 12.0. The second kappa shape index (κ2) is 5.23. The van der Waals surface area contributed by atoms with Gasteiger partial charge in [0, 0.05) is 6.04 Å². The minimum Gasteiger partial charge on any atom is -0.305 e. The molecule has 2 rings (SSSR count). The van der Waals surface area contributed by atoms with Crippen LogP contribution >= 0.6 is 11.3 Å². The fraction of sp³-hybridized carbons (Fsp3) is 0.833. The highest BCUT2D eigenvalue weighted by molar-refractivity contribution is 7.11. The highest BCUT2D eigenvalue weighted by atomic mass is 32.1. The van der Waals surface area contributed by atoms with E-state index in [1.807, 2.05) is 6.92 Å². The summed E-state index contributed by atoms with van der Waals surface area (Å²) in [4.78, 5) is 0. The summed E-state index contributed by atoms with van der Waals surface area (Å²) in [5, 5.41) is 14.1. The van der Waals surface area contributed by atoms with Crippen molar-refractivity contribution in [2.75, 3.05) is 0 Å². The van der Waals surface area contributed by atoms with Crippen molar-refractivity contribution in [2.24, 2.45) is 5.92 Å². The predicted molar refractivity (Wildman–Crippen MR) is 67.6 cm³/mol. The number of aryl methyl sites for hydroxylation is 1. The van der Waals surface area contributed by atoms with E-state index >= 15 is 0 Å². The Hall–Kier alpha value is -0.480. The van der Waals surface area contributed by atoms with E-state index in [-0.39, 0.29) is 0 Å². The van der Waals surface area contributed by atoms with Crippen molar-refractivity contribution < 1.29 is 0 Å². The monoisotopic (exact) mass is 239 g/mol. The third kappa shape index (κ3) is 3.01. The molecule has 1 aliphatic rings. The Morgan fingerprint density at radius 1 is 1.25 bits per heavy atom. The maximum absolute atomic E-state index is 4.20. The molecule has 1 aromatic heterocycles. The van der Waals surface area contributed by atoms with E-state index in [1.165, 1.54) is 25.7 Å². The van der Waals surface area contributed by atoms with Gasteiger partial charge in [-0.25, -0.2) is 0 Å². The smallest absolute Gasteiger partial charge is 0.134 e. The predicted octanol–water partition coefficient (Wildman–Crippen LogP) is 3.08. The molecule has 1 saturated carbocycles. The van der Waals surface area contributed by atoms with E-state index < -0.39 is 0 Å². The second-order valence-electron chi connectivity index (χ2n) is 5.00. The molecule has 0 radical (unpaired) electrons. The van der Waals surface area contributed by atoms with Gasteiger partial charge in [0.1, 0.15) is 10.0 Å². The molecule has 16 heavy (non-hydrogen) atoms. The maximum atomic E-state index is 4.20. The molecular weight excluding hydrogens is 218 g/mol. The Morgan fingerprint density at radius 3 is 2.50 bits per heavy atom. The molecule has 0 bridgehead atoms. The molecule has 1 aliphatic carbocycles. The van der Waals surface area contributed by atoms with Crippen molar-refractivity contribution in [3.63, 3.8) is 0 Å². The van der Waals surface area contributed by atoms with Crippen LogP contribution in [0.5, 0.6) is 0 Å². The fourth-order valence-corrected chi connectivity index (χ4v) is 3.05. The van der Waals surface area contributed by atoms with Gasteiger partial charge < -0.3 is 5.32 Å². The Labute approximate surface area is 102 Å². The lowest BCUT2D eigenvalue weighted by atomic mass is 9.87. The largest absolute Gasteiger partial charge is 0.305 e. The SMILES string of the molecule is Cc1nnc(C(C)NC2CCC(C)CC2)s1. The first-order chi connectivity index (χ1) is 7.65. The summed E-state index contributed by atoms with van der Waals surface area (Å²) in [6.07, 6.45) is 5.34. The number of nitrogens with zero attached hydrogens (tertiary/aromatic N) is 2. The van der Waals surface area contributed by atoms with E-state index in [0.29, 0.717) is 12.1 Å². The average molecular weight is 239 g/mol. The van der Waals surface area contributed by atoms with Crippen LogP contribution in [0.15, 0.2) is 0 Å². The summed E-state index contributed by atoms with van der Waals surface area (Å²) >= 11 is 1.70. The number of aromatic nitrogens is 2. The van der Waals surface area contributed by atoms with Gasteiger partial charge in [-0.05, 0) is 45.4 Å². The van der Waals surface area contributed by atoms with Crippen molar-refractivity contribution in [2.45, 2.75) is 58.5 Å². The van der Waals surface area contributed by atoms with Gasteiger partial charge in [0.15, 0.2) is 0 Å². The number of rotatable bonds is 3. The summed E-state index contributed by atoms with van der Waals surface area (Å²) in [5.41, 5.74) is 0. The van der Waals surface area contributed by atoms with Crippen LogP contribution in [0, 0.1) is 12.8 Å². The molecule has 0 aliphatic heterocycles. The lowest BCUT2D eigenvalue weighted by Gasteiger charge is -2.28. The molecule has 0 saturated heterocycles. The molecule has 3 nitrogen and oxygen atoms in total. The molecule has 1 unspecified atom stereocenters. The lowest BCUT2D eigenvalue weighted by Crippen LogP contribution is -2.34. The zero-order valence-corrected chi connectivity index (χ0v) is 11.2. The molecule has 1 aromatic rings. The minimum atomic E-state index is 0.351. The Morgan fingerprint density at radius 2 is 1.94 bits per heavy atom. The summed E-state index contributed by atoms with van der Waals surface area (Å²) in [7, 11) is 0. The topological polar surface area (TPSA) is 37.8 Å². The highest BCUT2D eigenvalue weighted by Crippen LogP contribution is 2.26. The van der Waals surface area contributed by atoms with E-state index in [9.17, 15) is 0 Å². The van der Waals surface area contributed by atoms with Crippen LogP contribution in [-0.2, 0) is 0 Å². The van der Waals surface area contributed by atoms with E-state index in [2.05, 4.69) is 29.4 Å². The van der Waals surface area contributed by atoms with Crippen LogP contribution in [0.1, 0.15) is 55.6 Å². The van der Waals surface area contributed by atoms with E-state index in [1.54, 1.807) is 11.3 Å². The zero-order chi connectivity index (χ0) is 11.5. The Balaban J connectivity index is 1.85. The first-order valence-electron chi connectivity index (χ1n) is 6.21. The molecule has 4 heteroatoms. The molecule has 0 amide bonds. The third-order valence-corrected chi connectivity index (χ3v) is 4.44. The van der Waals surface area contributed by atoms with Gasteiger partial charge in [0.25, 0.3) is 0 Å². The average Bonchev–Trinajstić information content (AvgIpc) is 2.68. The van der Waals surface area contributed by atoms with Gasteiger partial charge >= 0.3 is 0 Å². The van der Waals surface area contributed by atoms with Crippen molar-refractivity contribution in [1.82, 2.24) is 15.5 Å². The molecule has 1 fully saturated rings. The van der Waals surface area contributed by atoms with Gasteiger partial charge in [-0.3, -0.25) is 0 Å². The van der Waals surface area contributed by atoms with Crippen LogP contribution in [0.3, 0.4) is 0 Å². The number of nitrogens with one attached hydrogen (secondary N) is 1. The van der Waals surface area contributed by atoms with Crippen molar-refractivity contribution >= 4 is 11.3 Å². The normalized spacial score (nSPS) is 27.9. The maximum Gasteiger partial charge on any atom is 0.134 e. The van der Waals surface area contributed by atoms with Gasteiger partial charge in [0.05, 0.1) is 6.04 Å². The Kier molecular flexibility index (Phi) is 3.92. The Bertz CT molecular complexity index is 329. The molecule has 90 valence electrons. The molecule has 0 spiro atoms. The summed E-state index contributed by atoms with van der Waals surface area (Å²) in [5.74, 6) is 0.914. The number of hydrogen-bond acceptors (Lipinski definition) is 4. The summed E-state index contributed by atoms with van der Waals surface area (Å²) in [6.45, 7) is 6.56. The van der Waals surface area contributed by atoms with Crippen LogP contribution in [0.25, 0.3) is 0 Å². The molecule has 0 aromatic carbocycles. The van der Waals surface area contributed by atoms with Gasteiger partial charge in [-0.1, -0.05) is 6.92 Å². The van der Waals surface area contributed by atoms with Gasteiger partial charge in [0.2, 0.25) is 0 Å². The van der Waals surface area contributed by atoms with E-state index in [0.717, 1.165) is 15.9 Å². The van der Waals surface area contributed by atoms with E-state index in [4.69, 9.17) is 0 Å². The molecule has 1 N–H and O–H groups in total. The van der Waals surface area contributed by atoms with Crippen LogP contribution < -0.4 is 5.32 Å². The van der Waals surface area contributed by atoms with Crippen LogP contribution in [0.4, 0.5) is 0 Å². The minimum absolute atomic E-state index is 0.351. The summed E-state index contributed by atoms with van der Waals surface area (Å²) < 4.78 is 0. The molecule has 1 heterocycles. The van der Waals surface area contributed by atoms with Crippen LogP contribution in [-0.4, -0.2) is 16.2 Å². The standard InChI is InChI=1S/C12H21N3S/c1-8-4-6-11(7-5-8)13-9(2)12-15-14-10(3)16-12/h8-9,11,13H,4-7H2,1-3H3.